The Morgan fingerprint density at radius 1 is 1.38 bits per heavy atom. The van der Waals surface area contributed by atoms with E-state index in [2.05, 4.69) is 25.1 Å². The number of hydrogen-bond acceptors (Lipinski definition) is 5. The highest BCUT2D eigenvalue weighted by atomic mass is 15.4. The lowest BCUT2D eigenvalue weighted by Crippen LogP contribution is -2.10. The second kappa shape index (κ2) is 3.67. The molecule has 2 aromatic heterocycles. The normalized spacial score (nSPS) is 15.6. The summed E-state index contributed by atoms with van der Waals surface area (Å²) in [5.41, 5.74) is 6.22. The molecule has 7 heteroatoms. The standard InChI is InChI=1S/C9H13N7/c10-3-4-15-5-8(12-14-15)9-13-11-6-16(9)7-1-2-7/h5-7H,1-4,10H2. The summed E-state index contributed by atoms with van der Waals surface area (Å²) in [6, 6.07) is 0.546. The van der Waals surface area contributed by atoms with E-state index in [1.54, 1.807) is 11.0 Å². The summed E-state index contributed by atoms with van der Waals surface area (Å²) < 4.78 is 3.79. The zero-order valence-corrected chi connectivity index (χ0v) is 8.82. The Labute approximate surface area is 92.3 Å². The smallest absolute Gasteiger partial charge is 0.186 e. The maximum atomic E-state index is 5.45. The summed E-state index contributed by atoms with van der Waals surface area (Å²) in [5, 5.41) is 16.1. The van der Waals surface area contributed by atoms with Gasteiger partial charge < -0.3 is 10.3 Å². The van der Waals surface area contributed by atoms with Crippen molar-refractivity contribution in [2.24, 2.45) is 5.73 Å². The molecule has 84 valence electrons. The van der Waals surface area contributed by atoms with E-state index < -0.39 is 0 Å². The zero-order valence-electron chi connectivity index (χ0n) is 8.82. The first-order valence-electron chi connectivity index (χ1n) is 5.38. The monoisotopic (exact) mass is 219 g/mol. The first kappa shape index (κ1) is 9.46. The van der Waals surface area contributed by atoms with E-state index in [-0.39, 0.29) is 0 Å². The molecule has 0 amide bonds. The highest BCUT2D eigenvalue weighted by Gasteiger charge is 2.27. The lowest BCUT2D eigenvalue weighted by molar-refractivity contribution is 0.598. The third kappa shape index (κ3) is 1.58. The molecule has 7 nitrogen and oxygen atoms in total. The summed E-state index contributed by atoms with van der Waals surface area (Å²) in [6.45, 7) is 1.22. The Morgan fingerprint density at radius 3 is 3.00 bits per heavy atom. The van der Waals surface area contributed by atoms with Crippen molar-refractivity contribution < 1.29 is 0 Å². The number of rotatable bonds is 4. The topological polar surface area (TPSA) is 87.4 Å². The third-order valence-electron chi connectivity index (χ3n) is 2.64. The summed E-state index contributed by atoms with van der Waals surface area (Å²) in [5.74, 6) is 0.797. The average molecular weight is 219 g/mol. The van der Waals surface area contributed by atoms with E-state index in [9.17, 15) is 0 Å². The highest BCUT2D eigenvalue weighted by Crippen LogP contribution is 2.36. The summed E-state index contributed by atoms with van der Waals surface area (Å²) >= 11 is 0. The maximum Gasteiger partial charge on any atom is 0.186 e. The van der Waals surface area contributed by atoms with Crippen molar-refractivity contribution in [3.8, 4) is 11.5 Å². The average Bonchev–Trinajstić information content (AvgIpc) is 2.84. The van der Waals surface area contributed by atoms with Crippen molar-refractivity contribution in [2.45, 2.75) is 25.4 Å². The van der Waals surface area contributed by atoms with Crippen LogP contribution in [0.2, 0.25) is 0 Å². The number of nitrogens with two attached hydrogens (primary N) is 1. The second-order valence-corrected chi connectivity index (χ2v) is 3.95. The molecule has 0 saturated heterocycles. The maximum absolute atomic E-state index is 5.45. The molecule has 0 bridgehead atoms. The fourth-order valence-electron chi connectivity index (χ4n) is 1.69. The third-order valence-corrected chi connectivity index (χ3v) is 2.64. The van der Waals surface area contributed by atoms with Crippen LogP contribution in [0.15, 0.2) is 12.5 Å². The summed E-state index contributed by atoms with van der Waals surface area (Å²) in [7, 11) is 0. The molecule has 16 heavy (non-hydrogen) atoms. The van der Waals surface area contributed by atoms with Crippen LogP contribution in [-0.4, -0.2) is 36.3 Å². The van der Waals surface area contributed by atoms with Crippen LogP contribution in [0.25, 0.3) is 11.5 Å². The fourth-order valence-corrected chi connectivity index (χ4v) is 1.69. The Bertz CT molecular complexity index is 482. The van der Waals surface area contributed by atoms with Crippen LogP contribution in [0.1, 0.15) is 18.9 Å². The summed E-state index contributed by atoms with van der Waals surface area (Å²) in [4.78, 5) is 0. The molecule has 0 spiro atoms. The molecule has 1 aliphatic carbocycles. The quantitative estimate of drug-likeness (QED) is 0.771. The Hall–Kier alpha value is -1.76. The first-order chi connectivity index (χ1) is 7.88. The summed E-state index contributed by atoms with van der Waals surface area (Å²) in [6.07, 6.45) is 6.01. The first-order valence-corrected chi connectivity index (χ1v) is 5.38. The van der Waals surface area contributed by atoms with Crippen LogP contribution < -0.4 is 5.73 Å². The number of hydrogen-bond donors (Lipinski definition) is 1. The van der Waals surface area contributed by atoms with Gasteiger partial charge in [0.05, 0.1) is 12.7 Å². The van der Waals surface area contributed by atoms with Gasteiger partial charge in [0, 0.05) is 12.6 Å². The lowest BCUT2D eigenvalue weighted by atomic mass is 10.4. The molecule has 1 saturated carbocycles. The predicted molar refractivity (Wildman–Crippen MR) is 56.4 cm³/mol. The van der Waals surface area contributed by atoms with E-state index in [4.69, 9.17) is 5.73 Å². The van der Waals surface area contributed by atoms with Crippen molar-refractivity contribution in [1.82, 2.24) is 29.8 Å². The van der Waals surface area contributed by atoms with Gasteiger partial charge in [-0.25, -0.2) is 0 Å². The van der Waals surface area contributed by atoms with Crippen molar-refractivity contribution >= 4 is 0 Å². The van der Waals surface area contributed by atoms with Gasteiger partial charge in [-0.1, -0.05) is 5.21 Å². The van der Waals surface area contributed by atoms with Gasteiger partial charge >= 0.3 is 0 Å². The molecule has 2 N–H and O–H groups in total. The Kier molecular flexibility index (Phi) is 2.17. The molecule has 1 fully saturated rings. The van der Waals surface area contributed by atoms with Crippen LogP contribution in [0.5, 0.6) is 0 Å². The molecule has 0 aromatic carbocycles. The van der Waals surface area contributed by atoms with E-state index in [1.165, 1.54) is 12.8 Å². The van der Waals surface area contributed by atoms with Gasteiger partial charge in [0.2, 0.25) is 0 Å². The van der Waals surface area contributed by atoms with Gasteiger partial charge in [0.1, 0.15) is 6.33 Å². The minimum atomic E-state index is 0.546. The zero-order chi connectivity index (χ0) is 11.0. The van der Waals surface area contributed by atoms with Crippen molar-refractivity contribution in [3.05, 3.63) is 12.5 Å². The lowest BCUT2D eigenvalue weighted by Gasteiger charge is -1.99. The molecule has 0 aliphatic heterocycles. The number of nitrogens with zero attached hydrogens (tertiary/aromatic N) is 6. The van der Waals surface area contributed by atoms with Gasteiger partial charge in [0.25, 0.3) is 0 Å². The van der Waals surface area contributed by atoms with Gasteiger partial charge in [-0.05, 0) is 12.8 Å². The van der Waals surface area contributed by atoms with Crippen LogP contribution >= 0.6 is 0 Å². The Balaban J connectivity index is 1.91. The highest BCUT2D eigenvalue weighted by molar-refractivity contribution is 5.46. The molecule has 2 heterocycles. The SMILES string of the molecule is NCCn1cc(-c2nncn2C2CC2)nn1. The van der Waals surface area contributed by atoms with E-state index in [1.807, 2.05) is 6.20 Å². The molecular formula is C9H13N7. The van der Waals surface area contributed by atoms with Crippen LogP contribution in [-0.2, 0) is 6.54 Å². The second-order valence-electron chi connectivity index (χ2n) is 3.95. The van der Waals surface area contributed by atoms with E-state index in [0.717, 1.165) is 11.5 Å². The van der Waals surface area contributed by atoms with E-state index in [0.29, 0.717) is 19.1 Å². The molecule has 0 radical (unpaired) electrons. The van der Waals surface area contributed by atoms with Crippen molar-refractivity contribution in [3.63, 3.8) is 0 Å². The number of aromatic nitrogens is 6. The van der Waals surface area contributed by atoms with Crippen molar-refractivity contribution in [2.75, 3.05) is 6.54 Å². The van der Waals surface area contributed by atoms with E-state index >= 15 is 0 Å². The van der Waals surface area contributed by atoms with Crippen LogP contribution in [0, 0.1) is 0 Å². The molecule has 0 atom stereocenters. The molecule has 1 aliphatic rings. The molecule has 0 unspecified atom stereocenters. The van der Waals surface area contributed by atoms with Crippen LogP contribution in [0.3, 0.4) is 0 Å². The molecule has 2 aromatic rings. The van der Waals surface area contributed by atoms with Gasteiger partial charge in [0.15, 0.2) is 11.5 Å². The minimum absolute atomic E-state index is 0.546. The van der Waals surface area contributed by atoms with Crippen molar-refractivity contribution in [1.29, 1.82) is 0 Å². The predicted octanol–water partition coefficient (Wildman–Crippen LogP) is -0.170. The largest absolute Gasteiger partial charge is 0.329 e. The van der Waals surface area contributed by atoms with Gasteiger partial charge in [-0.15, -0.1) is 15.3 Å². The minimum Gasteiger partial charge on any atom is -0.329 e. The Morgan fingerprint density at radius 2 is 2.25 bits per heavy atom. The van der Waals surface area contributed by atoms with Gasteiger partial charge in [-0.2, -0.15) is 0 Å². The van der Waals surface area contributed by atoms with Crippen LogP contribution in [0.4, 0.5) is 0 Å². The fraction of sp³-hybridized carbons (Fsp3) is 0.556. The molecular weight excluding hydrogens is 206 g/mol. The molecule has 3 rings (SSSR count). The van der Waals surface area contributed by atoms with Gasteiger partial charge in [-0.3, -0.25) is 4.68 Å².